The number of ether oxygens (including phenoxy) is 2. The van der Waals surface area contributed by atoms with E-state index in [4.69, 9.17) is 9.47 Å². The summed E-state index contributed by atoms with van der Waals surface area (Å²) in [6.07, 6.45) is -4.40. The molecule has 1 heterocycles. The Balaban J connectivity index is 1.77. The Kier molecular flexibility index (Phi) is 5.74. The van der Waals surface area contributed by atoms with Gasteiger partial charge in [0.1, 0.15) is 6.61 Å². The Bertz CT molecular complexity index is 729. The summed E-state index contributed by atoms with van der Waals surface area (Å²) in [5.41, 5.74) is 0.555. The van der Waals surface area contributed by atoms with Crippen molar-refractivity contribution >= 4 is 23.5 Å². The Hall–Kier alpha value is -1.47. The minimum atomic E-state index is -4.40. The molecule has 1 fully saturated rings. The van der Waals surface area contributed by atoms with Gasteiger partial charge in [0.2, 0.25) is 0 Å². The molecule has 3 rings (SSSR count). The molecule has 0 spiro atoms. The predicted octanol–water partition coefficient (Wildman–Crippen LogP) is 5.77. The molecule has 2 nitrogen and oxygen atoms in total. The lowest BCUT2D eigenvalue weighted by atomic mass is 10.1. The summed E-state index contributed by atoms with van der Waals surface area (Å²) in [4.78, 5) is 0. The highest BCUT2D eigenvalue weighted by atomic mass is 32.2. The third-order valence-electron chi connectivity index (χ3n) is 3.79. The highest BCUT2D eigenvalue weighted by Gasteiger charge is 2.33. The van der Waals surface area contributed by atoms with Gasteiger partial charge in [-0.05, 0) is 23.8 Å². The van der Waals surface area contributed by atoms with Crippen molar-refractivity contribution < 1.29 is 22.6 Å². The lowest BCUT2D eigenvalue weighted by molar-refractivity contribution is -0.138. The average Bonchev–Trinajstić information content (AvgIpc) is 3.14. The zero-order valence-corrected chi connectivity index (χ0v) is 15.1. The number of thioether (sulfide) groups is 2. The van der Waals surface area contributed by atoms with Crippen LogP contribution in [0.5, 0.6) is 11.5 Å². The first-order valence-corrected chi connectivity index (χ1v) is 9.78. The molecule has 0 amide bonds. The summed E-state index contributed by atoms with van der Waals surface area (Å²) in [6.45, 7) is -0.168. The van der Waals surface area contributed by atoms with Gasteiger partial charge in [0.15, 0.2) is 11.5 Å². The fraction of sp³-hybridized carbons (Fsp3) is 0.333. The number of rotatable bonds is 5. The van der Waals surface area contributed by atoms with Crippen molar-refractivity contribution in [2.75, 3.05) is 18.6 Å². The molecule has 0 saturated carbocycles. The van der Waals surface area contributed by atoms with Crippen LogP contribution in [0.3, 0.4) is 0 Å². The summed E-state index contributed by atoms with van der Waals surface area (Å²) in [7, 11) is 1.53. The van der Waals surface area contributed by atoms with E-state index in [0.29, 0.717) is 16.1 Å². The van der Waals surface area contributed by atoms with Gasteiger partial charge in [-0.2, -0.15) is 13.2 Å². The van der Waals surface area contributed by atoms with Crippen LogP contribution in [0.25, 0.3) is 0 Å². The fourth-order valence-corrected chi connectivity index (χ4v) is 5.42. The number of halogens is 3. The van der Waals surface area contributed by atoms with E-state index in [0.717, 1.165) is 23.1 Å². The van der Waals surface area contributed by atoms with Crippen LogP contribution in [0, 0.1) is 0 Å². The number of methoxy groups -OCH3 is 1. The minimum absolute atomic E-state index is 0.100. The van der Waals surface area contributed by atoms with Crippen LogP contribution in [-0.2, 0) is 12.8 Å². The van der Waals surface area contributed by atoms with Gasteiger partial charge in [-0.25, -0.2) is 0 Å². The molecule has 0 N–H and O–H groups in total. The van der Waals surface area contributed by atoms with E-state index in [9.17, 15) is 13.2 Å². The molecule has 2 aromatic carbocycles. The normalized spacial score (nSPS) is 15.4. The molecule has 1 aliphatic rings. The van der Waals surface area contributed by atoms with Crippen molar-refractivity contribution in [1.29, 1.82) is 0 Å². The minimum Gasteiger partial charge on any atom is -0.493 e. The van der Waals surface area contributed by atoms with Crippen molar-refractivity contribution in [3.05, 3.63) is 59.2 Å². The number of hydrogen-bond donors (Lipinski definition) is 0. The van der Waals surface area contributed by atoms with Crippen LogP contribution in [-0.4, -0.2) is 18.6 Å². The van der Waals surface area contributed by atoms with Gasteiger partial charge in [-0.15, -0.1) is 23.5 Å². The number of benzene rings is 2. The highest BCUT2D eigenvalue weighted by Crippen LogP contribution is 2.47. The van der Waals surface area contributed by atoms with E-state index in [1.54, 1.807) is 12.1 Å². The summed E-state index contributed by atoms with van der Waals surface area (Å²) >= 11 is 3.75. The molecular formula is C18H17F3O2S2. The van der Waals surface area contributed by atoms with Crippen molar-refractivity contribution in [1.82, 2.24) is 0 Å². The summed E-state index contributed by atoms with van der Waals surface area (Å²) in [6, 6.07) is 11.1. The SMILES string of the molecule is COc1cc(C2SCCS2)ccc1OCc1ccccc1C(F)(F)F. The molecule has 25 heavy (non-hydrogen) atoms. The van der Waals surface area contributed by atoms with Crippen LogP contribution in [0.2, 0.25) is 0 Å². The summed E-state index contributed by atoms with van der Waals surface area (Å²) < 4.78 is 50.5. The number of alkyl halides is 3. The van der Waals surface area contributed by atoms with E-state index in [-0.39, 0.29) is 12.2 Å². The van der Waals surface area contributed by atoms with Crippen LogP contribution in [0.15, 0.2) is 42.5 Å². The molecule has 0 radical (unpaired) electrons. The molecule has 0 aromatic heterocycles. The van der Waals surface area contributed by atoms with E-state index >= 15 is 0 Å². The molecule has 2 aromatic rings. The molecule has 0 aliphatic carbocycles. The highest BCUT2D eigenvalue weighted by molar-refractivity contribution is 8.19. The van der Waals surface area contributed by atoms with Gasteiger partial charge in [0.05, 0.1) is 17.3 Å². The zero-order chi connectivity index (χ0) is 17.9. The fourth-order valence-electron chi connectivity index (χ4n) is 2.58. The van der Waals surface area contributed by atoms with Gasteiger partial charge < -0.3 is 9.47 Å². The van der Waals surface area contributed by atoms with Crippen molar-refractivity contribution in [3.8, 4) is 11.5 Å². The van der Waals surface area contributed by atoms with Gasteiger partial charge in [0, 0.05) is 17.1 Å². The van der Waals surface area contributed by atoms with Crippen molar-refractivity contribution in [2.45, 2.75) is 17.4 Å². The van der Waals surface area contributed by atoms with E-state index in [1.807, 2.05) is 35.7 Å². The third kappa shape index (κ3) is 4.39. The topological polar surface area (TPSA) is 18.5 Å². The second-order valence-electron chi connectivity index (χ2n) is 5.43. The Morgan fingerprint density at radius 1 is 1.04 bits per heavy atom. The van der Waals surface area contributed by atoms with Gasteiger partial charge in [0.25, 0.3) is 0 Å². The maximum atomic E-state index is 13.1. The van der Waals surface area contributed by atoms with Gasteiger partial charge in [-0.3, -0.25) is 0 Å². The summed E-state index contributed by atoms with van der Waals surface area (Å²) in [5, 5.41) is 0. The smallest absolute Gasteiger partial charge is 0.416 e. The monoisotopic (exact) mass is 386 g/mol. The van der Waals surface area contributed by atoms with Crippen LogP contribution in [0.1, 0.15) is 21.3 Å². The van der Waals surface area contributed by atoms with E-state index < -0.39 is 11.7 Å². The van der Waals surface area contributed by atoms with Crippen LogP contribution >= 0.6 is 23.5 Å². The Morgan fingerprint density at radius 3 is 2.44 bits per heavy atom. The Morgan fingerprint density at radius 2 is 1.76 bits per heavy atom. The maximum absolute atomic E-state index is 13.1. The molecule has 0 bridgehead atoms. The zero-order valence-electron chi connectivity index (χ0n) is 13.5. The molecule has 134 valence electrons. The van der Waals surface area contributed by atoms with E-state index in [1.165, 1.54) is 19.2 Å². The van der Waals surface area contributed by atoms with Gasteiger partial charge in [-0.1, -0.05) is 24.3 Å². The largest absolute Gasteiger partial charge is 0.493 e. The summed E-state index contributed by atoms with van der Waals surface area (Å²) in [5.74, 6) is 3.21. The molecule has 1 aliphatic heterocycles. The lowest BCUT2D eigenvalue weighted by Crippen LogP contribution is -2.11. The molecule has 0 unspecified atom stereocenters. The van der Waals surface area contributed by atoms with Crippen LogP contribution < -0.4 is 9.47 Å². The quantitative estimate of drug-likeness (QED) is 0.649. The van der Waals surface area contributed by atoms with Crippen molar-refractivity contribution in [3.63, 3.8) is 0 Å². The Labute approximate surface area is 153 Å². The maximum Gasteiger partial charge on any atom is 0.416 e. The van der Waals surface area contributed by atoms with Crippen LogP contribution in [0.4, 0.5) is 13.2 Å². The third-order valence-corrected chi connectivity index (χ3v) is 6.89. The number of hydrogen-bond acceptors (Lipinski definition) is 4. The first-order valence-electron chi connectivity index (χ1n) is 7.68. The second-order valence-corrected chi connectivity index (χ2v) is 8.15. The average molecular weight is 386 g/mol. The lowest BCUT2D eigenvalue weighted by Gasteiger charge is -2.16. The molecular weight excluding hydrogens is 369 g/mol. The molecule has 0 atom stereocenters. The van der Waals surface area contributed by atoms with E-state index in [2.05, 4.69) is 0 Å². The first kappa shape index (κ1) is 18.3. The van der Waals surface area contributed by atoms with Gasteiger partial charge >= 0.3 is 6.18 Å². The standard InChI is InChI=1S/C18H17F3O2S2/c1-22-16-10-12(17-24-8-9-25-17)6-7-15(16)23-11-13-4-2-3-5-14(13)18(19,20)21/h2-7,10,17H,8-9,11H2,1H3. The predicted molar refractivity (Wildman–Crippen MR) is 96.4 cm³/mol. The first-order chi connectivity index (χ1) is 12.0. The van der Waals surface area contributed by atoms with Crippen molar-refractivity contribution in [2.24, 2.45) is 0 Å². The second kappa shape index (κ2) is 7.83. The molecule has 7 heteroatoms. The molecule has 1 saturated heterocycles.